The summed E-state index contributed by atoms with van der Waals surface area (Å²) in [5, 5.41) is 2.74. The molecule has 17 heavy (non-hydrogen) atoms. The van der Waals surface area contributed by atoms with Crippen LogP contribution in [0.4, 0.5) is 0 Å². The summed E-state index contributed by atoms with van der Waals surface area (Å²) < 4.78 is 0. The molecule has 1 heterocycles. The molecule has 2 rings (SSSR count). The fourth-order valence-electron chi connectivity index (χ4n) is 2.40. The van der Waals surface area contributed by atoms with Gasteiger partial charge in [0.05, 0.1) is 5.54 Å². The topological polar surface area (TPSA) is 75.4 Å². The minimum atomic E-state index is -0.723. The second-order valence-electron chi connectivity index (χ2n) is 5.24. The number of rotatable bonds is 3. The van der Waals surface area contributed by atoms with Gasteiger partial charge in [-0.2, -0.15) is 0 Å². The summed E-state index contributed by atoms with van der Waals surface area (Å²) in [6.45, 7) is 3.36. The first-order valence-electron chi connectivity index (χ1n) is 6.41. The Morgan fingerprint density at radius 2 is 1.82 bits per heavy atom. The fraction of sp³-hybridized carbons (Fsp3) is 0.833. The highest BCUT2D eigenvalue weighted by molar-refractivity contribution is 5.92. The van der Waals surface area contributed by atoms with E-state index in [2.05, 4.69) is 5.32 Å². The number of likely N-dealkylation sites (tertiary alicyclic amines) is 1. The van der Waals surface area contributed by atoms with Crippen LogP contribution in [0, 0.1) is 0 Å². The minimum Gasteiger partial charge on any atom is -0.343 e. The van der Waals surface area contributed by atoms with Crippen LogP contribution in [0.25, 0.3) is 0 Å². The first kappa shape index (κ1) is 12.4. The zero-order valence-corrected chi connectivity index (χ0v) is 10.4. The van der Waals surface area contributed by atoms with Gasteiger partial charge in [-0.25, -0.2) is 0 Å². The molecule has 1 saturated carbocycles. The lowest BCUT2D eigenvalue weighted by atomic mass is 9.77. The molecule has 1 aliphatic carbocycles. The van der Waals surface area contributed by atoms with E-state index >= 15 is 0 Å². The summed E-state index contributed by atoms with van der Waals surface area (Å²) in [4.78, 5) is 25.7. The normalized spacial score (nSPS) is 24.0. The molecule has 1 aliphatic heterocycles. The zero-order valence-electron chi connectivity index (χ0n) is 10.4. The molecule has 0 aromatic rings. The minimum absolute atomic E-state index is 0.0128. The Morgan fingerprint density at radius 1 is 1.24 bits per heavy atom. The van der Waals surface area contributed by atoms with Crippen molar-refractivity contribution in [1.29, 1.82) is 0 Å². The molecule has 0 bridgehead atoms. The van der Waals surface area contributed by atoms with Crippen LogP contribution in [0.3, 0.4) is 0 Å². The highest BCUT2D eigenvalue weighted by Crippen LogP contribution is 2.29. The lowest BCUT2D eigenvalue weighted by Crippen LogP contribution is -2.61. The van der Waals surface area contributed by atoms with Crippen molar-refractivity contribution < 1.29 is 9.59 Å². The molecule has 2 amide bonds. The van der Waals surface area contributed by atoms with Crippen molar-refractivity contribution in [1.82, 2.24) is 10.2 Å². The quantitative estimate of drug-likeness (QED) is 0.727. The Kier molecular flexibility index (Phi) is 3.38. The molecule has 0 spiro atoms. The summed E-state index contributed by atoms with van der Waals surface area (Å²) in [5.74, 6) is -0.164. The van der Waals surface area contributed by atoms with Gasteiger partial charge in [-0.05, 0) is 39.0 Å². The van der Waals surface area contributed by atoms with Crippen LogP contribution >= 0.6 is 0 Å². The third-order valence-corrected chi connectivity index (χ3v) is 3.83. The van der Waals surface area contributed by atoms with Crippen molar-refractivity contribution in [3.8, 4) is 0 Å². The maximum absolute atomic E-state index is 12.0. The highest BCUT2D eigenvalue weighted by Gasteiger charge is 2.41. The highest BCUT2D eigenvalue weighted by atomic mass is 16.2. The molecular weight excluding hydrogens is 218 g/mol. The van der Waals surface area contributed by atoms with Crippen LogP contribution in [-0.4, -0.2) is 41.4 Å². The number of carbonyl (C=O) groups is 2. The van der Waals surface area contributed by atoms with E-state index in [0.717, 1.165) is 45.2 Å². The van der Waals surface area contributed by atoms with Gasteiger partial charge < -0.3 is 16.0 Å². The van der Waals surface area contributed by atoms with Crippen molar-refractivity contribution in [3.63, 3.8) is 0 Å². The molecule has 3 N–H and O–H groups in total. The van der Waals surface area contributed by atoms with Crippen LogP contribution < -0.4 is 11.1 Å². The molecule has 0 aromatic carbocycles. The van der Waals surface area contributed by atoms with Gasteiger partial charge in [0.2, 0.25) is 11.8 Å². The molecule has 5 nitrogen and oxygen atoms in total. The fourth-order valence-corrected chi connectivity index (χ4v) is 2.40. The predicted molar refractivity (Wildman–Crippen MR) is 64.2 cm³/mol. The van der Waals surface area contributed by atoms with Crippen molar-refractivity contribution >= 4 is 11.8 Å². The summed E-state index contributed by atoms with van der Waals surface area (Å²) in [5.41, 5.74) is 5.19. The van der Waals surface area contributed by atoms with Crippen LogP contribution in [0.15, 0.2) is 0 Å². The predicted octanol–water partition coefficient (Wildman–Crippen LogP) is -0.00510. The summed E-state index contributed by atoms with van der Waals surface area (Å²) in [7, 11) is 0. The second-order valence-corrected chi connectivity index (χ2v) is 5.24. The maximum Gasteiger partial charge on any atom is 0.244 e. The van der Waals surface area contributed by atoms with Gasteiger partial charge in [-0.1, -0.05) is 0 Å². The van der Waals surface area contributed by atoms with Crippen LogP contribution in [-0.2, 0) is 9.59 Å². The Balaban J connectivity index is 1.85. The molecular formula is C12H21N3O2. The largest absolute Gasteiger partial charge is 0.343 e. The Bertz CT molecular complexity index is 320. The molecule has 1 saturated heterocycles. The Morgan fingerprint density at radius 3 is 2.29 bits per heavy atom. The van der Waals surface area contributed by atoms with E-state index in [9.17, 15) is 9.59 Å². The average molecular weight is 239 g/mol. The lowest BCUT2D eigenvalue weighted by molar-refractivity contribution is -0.137. The van der Waals surface area contributed by atoms with Gasteiger partial charge in [0.15, 0.2) is 0 Å². The molecule has 2 aliphatic rings. The number of hydrogen-bond acceptors (Lipinski definition) is 3. The number of nitrogens with one attached hydrogen (secondary N) is 1. The first-order valence-corrected chi connectivity index (χ1v) is 6.41. The van der Waals surface area contributed by atoms with Gasteiger partial charge >= 0.3 is 0 Å². The van der Waals surface area contributed by atoms with E-state index in [1.807, 2.05) is 4.90 Å². The lowest BCUT2D eigenvalue weighted by Gasteiger charge is -2.37. The monoisotopic (exact) mass is 239 g/mol. The van der Waals surface area contributed by atoms with E-state index < -0.39 is 11.6 Å². The second kappa shape index (κ2) is 4.64. The number of nitrogens with zero attached hydrogens (tertiary/aromatic N) is 1. The molecule has 1 atom stereocenters. The zero-order chi connectivity index (χ0) is 12.5. The number of hydrogen-bond donors (Lipinski definition) is 2. The van der Waals surface area contributed by atoms with E-state index in [1.165, 1.54) is 0 Å². The van der Waals surface area contributed by atoms with Gasteiger partial charge in [0.25, 0.3) is 0 Å². The van der Waals surface area contributed by atoms with Crippen LogP contribution in [0.1, 0.15) is 39.0 Å². The van der Waals surface area contributed by atoms with E-state index in [1.54, 1.807) is 6.92 Å². The summed E-state index contributed by atoms with van der Waals surface area (Å²) in [6.07, 6.45) is 4.58. The summed E-state index contributed by atoms with van der Waals surface area (Å²) in [6, 6.07) is -0.457. The molecule has 2 fully saturated rings. The summed E-state index contributed by atoms with van der Waals surface area (Å²) >= 11 is 0. The Labute approximate surface area is 102 Å². The Hall–Kier alpha value is -1.10. The number of nitrogens with two attached hydrogens (primary N) is 1. The molecule has 0 radical (unpaired) electrons. The first-order chi connectivity index (χ1) is 8.03. The van der Waals surface area contributed by atoms with Crippen molar-refractivity contribution in [2.75, 3.05) is 13.1 Å². The van der Waals surface area contributed by atoms with Crippen molar-refractivity contribution in [2.24, 2.45) is 5.73 Å². The number of carbonyl (C=O) groups excluding carboxylic acids is 2. The van der Waals surface area contributed by atoms with E-state index in [-0.39, 0.29) is 11.8 Å². The molecule has 0 aromatic heterocycles. The standard InChI is InChI=1S/C12H21N3O2/c1-9(10(16)15-7-2-3-8-15)14-11(17)12(13)5-4-6-12/h9H,2-8,13H2,1H3,(H,14,17). The van der Waals surface area contributed by atoms with E-state index in [0.29, 0.717) is 0 Å². The maximum atomic E-state index is 12.0. The number of amides is 2. The third kappa shape index (κ3) is 2.44. The van der Waals surface area contributed by atoms with Crippen LogP contribution in [0.2, 0.25) is 0 Å². The van der Waals surface area contributed by atoms with E-state index in [4.69, 9.17) is 5.73 Å². The molecule has 5 heteroatoms. The SMILES string of the molecule is CC(NC(=O)C1(N)CCC1)C(=O)N1CCCC1. The smallest absolute Gasteiger partial charge is 0.244 e. The van der Waals surface area contributed by atoms with Crippen molar-refractivity contribution in [2.45, 2.75) is 50.6 Å². The average Bonchev–Trinajstić information content (AvgIpc) is 2.77. The van der Waals surface area contributed by atoms with Gasteiger partial charge in [-0.15, -0.1) is 0 Å². The van der Waals surface area contributed by atoms with Gasteiger partial charge in [0.1, 0.15) is 6.04 Å². The molecule has 96 valence electrons. The van der Waals surface area contributed by atoms with Gasteiger partial charge in [-0.3, -0.25) is 9.59 Å². The van der Waals surface area contributed by atoms with Gasteiger partial charge in [0, 0.05) is 13.1 Å². The van der Waals surface area contributed by atoms with Crippen LogP contribution in [0.5, 0.6) is 0 Å². The third-order valence-electron chi connectivity index (χ3n) is 3.83. The molecule has 1 unspecified atom stereocenters. The van der Waals surface area contributed by atoms with Crippen molar-refractivity contribution in [3.05, 3.63) is 0 Å².